The lowest BCUT2D eigenvalue weighted by molar-refractivity contribution is 0.285. The van der Waals surface area contributed by atoms with Crippen LogP contribution >= 0.6 is 22.6 Å². The Bertz CT molecular complexity index is 312. The Balaban J connectivity index is 2.53. The molecule has 0 saturated heterocycles. The van der Waals surface area contributed by atoms with Crippen LogP contribution in [0.2, 0.25) is 0 Å². The Hall–Kier alpha value is -0.320. The Morgan fingerprint density at radius 1 is 1.42 bits per heavy atom. The van der Waals surface area contributed by atoms with E-state index in [9.17, 15) is 4.39 Å². The molecule has 0 N–H and O–H groups in total. The molecule has 64 valence electrons. The fraction of sp³-hybridized carbons (Fsp3) is 0.333. The van der Waals surface area contributed by atoms with E-state index in [2.05, 4.69) is 22.6 Å². The molecule has 0 aromatic heterocycles. The lowest BCUT2D eigenvalue weighted by Gasteiger charge is -2.18. The van der Waals surface area contributed by atoms with E-state index in [0.717, 1.165) is 34.3 Å². The molecule has 0 saturated carbocycles. The van der Waals surface area contributed by atoms with Gasteiger partial charge in [-0.1, -0.05) is 0 Å². The van der Waals surface area contributed by atoms with Gasteiger partial charge in [0.2, 0.25) is 0 Å². The van der Waals surface area contributed by atoms with E-state index in [1.54, 1.807) is 6.07 Å². The van der Waals surface area contributed by atoms with Crippen LogP contribution in [0, 0.1) is 9.39 Å². The Morgan fingerprint density at radius 3 is 3.08 bits per heavy atom. The third-order valence-corrected chi connectivity index (χ3v) is 2.72. The summed E-state index contributed by atoms with van der Waals surface area (Å²) in [6.07, 6.45) is 1.93. The van der Waals surface area contributed by atoms with Gasteiger partial charge in [-0.25, -0.2) is 4.39 Å². The summed E-state index contributed by atoms with van der Waals surface area (Å²) in [5.74, 6) is 0.715. The zero-order valence-corrected chi connectivity index (χ0v) is 8.60. The lowest BCUT2D eigenvalue weighted by atomic mass is 10.1. The highest BCUT2D eigenvalue weighted by atomic mass is 127. The van der Waals surface area contributed by atoms with Crippen LogP contribution < -0.4 is 4.74 Å². The second-order valence-electron chi connectivity index (χ2n) is 2.83. The van der Waals surface area contributed by atoms with Crippen molar-refractivity contribution in [3.8, 4) is 5.75 Å². The molecule has 1 aliphatic heterocycles. The van der Waals surface area contributed by atoms with Gasteiger partial charge >= 0.3 is 0 Å². The van der Waals surface area contributed by atoms with Crippen molar-refractivity contribution in [2.45, 2.75) is 12.8 Å². The highest BCUT2D eigenvalue weighted by molar-refractivity contribution is 14.1. The van der Waals surface area contributed by atoms with Gasteiger partial charge in [0, 0.05) is 0 Å². The highest BCUT2D eigenvalue weighted by Gasteiger charge is 2.14. The van der Waals surface area contributed by atoms with Crippen LogP contribution in [0.25, 0.3) is 0 Å². The number of rotatable bonds is 0. The lowest BCUT2D eigenvalue weighted by Crippen LogP contribution is -2.09. The molecule has 0 radical (unpaired) electrons. The summed E-state index contributed by atoms with van der Waals surface area (Å²) in [5.41, 5.74) is 1.01. The molecule has 0 amide bonds. The third-order valence-electron chi connectivity index (χ3n) is 1.92. The number of halogens is 2. The molecule has 0 fully saturated rings. The summed E-state index contributed by atoms with van der Waals surface area (Å²) >= 11 is 2.10. The molecule has 12 heavy (non-hydrogen) atoms. The van der Waals surface area contributed by atoms with Gasteiger partial charge < -0.3 is 4.74 Å². The molecule has 1 aliphatic rings. The van der Waals surface area contributed by atoms with Crippen molar-refractivity contribution in [1.82, 2.24) is 0 Å². The first-order chi connectivity index (χ1) is 5.77. The minimum Gasteiger partial charge on any atom is -0.492 e. The number of hydrogen-bond donors (Lipinski definition) is 0. The van der Waals surface area contributed by atoms with Gasteiger partial charge in [-0.2, -0.15) is 0 Å². The molecule has 1 heterocycles. The summed E-state index contributed by atoms with van der Waals surface area (Å²) in [4.78, 5) is 0. The number of aryl methyl sites for hydroxylation is 1. The minimum absolute atomic E-state index is 0.163. The van der Waals surface area contributed by atoms with Gasteiger partial charge in [-0.3, -0.25) is 0 Å². The summed E-state index contributed by atoms with van der Waals surface area (Å²) < 4.78 is 19.2. The van der Waals surface area contributed by atoms with Crippen LogP contribution in [0.15, 0.2) is 12.1 Å². The molecule has 0 bridgehead atoms. The molecular formula is C9H8FIO. The van der Waals surface area contributed by atoms with Crippen molar-refractivity contribution < 1.29 is 9.13 Å². The maximum atomic E-state index is 12.9. The number of benzene rings is 1. The molecular weight excluding hydrogens is 270 g/mol. The van der Waals surface area contributed by atoms with E-state index in [1.807, 2.05) is 0 Å². The average molecular weight is 278 g/mol. The first-order valence-electron chi connectivity index (χ1n) is 3.88. The fourth-order valence-electron chi connectivity index (χ4n) is 1.40. The van der Waals surface area contributed by atoms with Crippen LogP contribution in [0.4, 0.5) is 4.39 Å². The van der Waals surface area contributed by atoms with E-state index in [0.29, 0.717) is 0 Å². The van der Waals surface area contributed by atoms with Crippen LogP contribution in [-0.4, -0.2) is 6.61 Å². The van der Waals surface area contributed by atoms with Gasteiger partial charge in [0.05, 0.1) is 10.2 Å². The Kier molecular flexibility index (Phi) is 2.21. The number of fused-ring (bicyclic) bond motifs is 1. The zero-order valence-electron chi connectivity index (χ0n) is 6.44. The van der Waals surface area contributed by atoms with Crippen molar-refractivity contribution in [3.63, 3.8) is 0 Å². The maximum absolute atomic E-state index is 12.9. The predicted molar refractivity (Wildman–Crippen MR) is 52.9 cm³/mol. The summed E-state index contributed by atoms with van der Waals surface area (Å²) in [6, 6.07) is 3.07. The Morgan fingerprint density at radius 2 is 2.25 bits per heavy atom. The monoisotopic (exact) mass is 278 g/mol. The fourth-order valence-corrected chi connectivity index (χ4v) is 2.20. The number of ether oxygens (including phenoxy) is 1. The topological polar surface area (TPSA) is 9.23 Å². The smallest absolute Gasteiger partial charge is 0.135 e. The highest BCUT2D eigenvalue weighted by Crippen LogP contribution is 2.30. The zero-order chi connectivity index (χ0) is 8.55. The van der Waals surface area contributed by atoms with Crippen molar-refractivity contribution in [1.29, 1.82) is 0 Å². The van der Waals surface area contributed by atoms with Crippen LogP contribution in [0.1, 0.15) is 12.0 Å². The van der Waals surface area contributed by atoms with E-state index in [4.69, 9.17) is 4.74 Å². The van der Waals surface area contributed by atoms with Crippen LogP contribution in [-0.2, 0) is 6.42 Å². The molecule has 0 aliphatic carbocycles. The quantitative estimate of drug-likeness (QED) is 0.663. The standard InChI is InChI=1S/C9H8FIO/c10-7-4-6-2-1-3-12-9(6)8(11)5-7/h4-5H,1-3H2. The van der Waals surface area contributed by atoms with Gasteiger partial charge in [-0.05, 0) is 53.1 Å². The SMILES string of the molecule is Fc1cc(I)c2c(c1)CCCO2. The van der Waals surface area contributed by atoms with Gasteiger partial charge in [0.25, 0.3) is 0 Å². The maximum Gasteiger partial charge on any atom is 0.135 e. The molecule has 0 atom stereocenters. The van der Waals surface area contributed by atoms with Gasteiger partial charge in [0.15, 0.2) is 0 Å². The van der Waals surface area contributed by atoms with Gasteiger partial charge in [0.1, 0.15) is 11.6 Å². The molecule has 3 heteroatoms. The minimum atomic E-state index is -0.163. The predicted octanol–water partition coefficient (Wildman–Crippen LogP) is 2.76. The van der Waals surface area contributed by atoms with Crippen molar-refractivity contribution >= 4 is 22.6 Å². The molecule has 1 aromatic carbocycles. The van der Waals surface area contributed by atoms with Crippen molar-refractivity contribution in [2.75, 3.05) is 6.61 Å². The first kappa shape index (κ1) is 8.29. The molecule has 1 nitrogen and oxygen atoms in total. The van der Waals surface area contributed by atoms with Crippen LogP contribution in [0.3, 0.4) is 0 Å². The Labute approximate surface area is 84.1 Å². The van der Waals surface area contributed by atoms with Gasteiger partial charge in [-0.15, -0.1) is 0 Å². The summed E-state index contributed by atoms with van der Waals surface area (Å²) in [7, 11) is 0. The normalized spacial score (nSPS) is 15.2. The first-order valence-corrected chi connectivity index (χ1v) is 4.96. The third kappa shape index (κ3) is 1.42. The second-order valence-corrected chi connectivity index (χ2v) is 3.99. The van der Waals surface area contributed by atoms with E-state index < -0.39 is 0 Å². The largest absolute Gasteiger partial charge is 0.492 e. The summed E-state index contributed by atoms with van der Waals surface area (Å²) in [5, 5.41) is 0. The van der Waals surface area contributed by atoms with Crippen molar-refractivity contribution in [2.24, 2.45) is 0 Å². The van der Waals surface area contributed by atoms with E-state index >= 15 is 0 Å². The van der Waals surface area contributed by atoms with Crippen LogP contribution in [0.5, 0.6) is 5.75 Å². The van der Waals surface area contributed by atoms with E-state index in [-0.39, 0.29) is 5.82 Å². The molecule has 0 unspecified atom stereocenters. The second kappa shape index (κ2) is 3.20. The van der Waals surface area contributed by atoms with E-state index in [1.165, 1.54) is 6.07 Å². The number of hydrogen-bond acceptors (Lipinski definition) is 1. The van der Waals surface area contributed by atoms with Crippen molar-refractivity contribution in [3.05, 3.63) is 27.1 Å². The summed E-state index contributed by atoms with van der Waals surface area (Å²) in [6.45, 7) is 0.759. The average Bonchev–Trinajstić information content (AvgIpc) is 2.04. The molecule has 0 spiro atoms. The molecule has 2 rings (SSSR count). The molecule has 1 aromatic rings.